The van der Waals surface area contributed by atoms with Gasteiger partial charge in [0, 0.05) is 43.5 Å². The Morgan fingerprint density at radius 2 is 2.12 bits per heavy atom. The average molecular weight is 343 g/mol. The normalized spacial score (nSPS) is 35.8. The van der Waals surface area contributed by atoms with Crippen molar-refractivity contribution in [3.63, 3.8) is 0 Å². The van der Waals surface area contributed by atoms with E-state index in [-0.39, 0.29) is 11.2 Å². The summed E-state index contributed by atoms with van der Waals surface area (Å²) >= 11 is 0. The largest absolute Gasteiger partial charge is 0.493 e. The molecule has 1 aromatic rings. The molecule has 0 saturated heterocycles. The standard InChI is InChI=1S/C20H25NO4/c1-21-9-6-12-10-14(23-2)18-17-16(12)13(21)4-7-19(17)8-5-15(22)20(11-19,24-3)25-18/h10,13H,4-9,11H2,1-3H3/t13-,19-,20-/m1/s1. The van der Waals surface area contributed by atoms with Gasteiger partial charge in [-0.2, -0.15) is 0 Å². The molecule has 2 aliphatic carbocycles. The zero-order valence-electron chi connectivity index (χ0n) is 15.2. The highest BCUT2D eigenvalue weighted by molar-refractivity contribution is 5.89. The third-order valence-electron chi connectivity index (χ3n) is 7.04. The van der Waals surface area contributed by atoms with Crippen LogP contribution in [0.25, 0.3) is 0 Å². The number of carbonyl (C=O) groups excluding carboxylic acids is 1. The fourth-order valence-corrected chi connectivity index (χ4v) is 5.74. The second-order valence-corrected chi connectivity index (χ2v) is 8.08. The molecule has 1 spiro atoms. The number of Topliss-reactive ketones (excluding diaryl/α,β-unsaturated/α-hetero) is 1. The number of methoxy groups -OCH3 is 2. The van der Waals surface area contributed by atoms with E-state index in [0.29, 0.717) is 18.9 Å². The summed E-state index contributed by atoms with van der Waals surface area (Å²) in [7, 11) is 5.49. The highest BCUT2D eigenvalue weighted by atomic mass is 16.7. The van der Waals surface area contributed by atoms with Gasteiger partial charge in [-0.05, 0) is 49.9 Å². The smallest absolute Gasteiger partial charge is 0.271 e. The second-order valence-electron chi connectivity index (χ2n) is 8.08. The highest BCUT2D eigenvalue weighted by Crippen LogP contribution is 2.62. The van der Waals surface area contributed by atoms with Crippen LogP contribution < -0.4 is 9.47 Å². The number of rotatable bonds is 2. The molecule has 5 rings (SSSR count). The van der Waals surface area contributed by atoms with E-state index in [1.807, 2.05) is 0 Å². The Kier molecular flexibility index (Phi) is 3.12. The lowest BCUT2D eigenvalue weighted by Crippen LogP contribution is -2.60. The van der Waals surface area contributed by atoms with Crippen molar-refractivity contribution in [2.45, 2.75) is 55.8 Å². The number of ketones is 1. The van der Waals surface area contributed by atoms with Gasteiger partial charge in [-0.15, -0.1) is 0 Å². The van der Waals surface area contributed by atoms with Crippen LogP contribution in [0.2, 0.25) is 0 Å². The molecule has 0 unspecified atom stereocenters. The molecule has 2 heterocycles. The third-order valence-corrected chi connectivity index (χ3v) is 7.04. The zero-order valence-corrected chi connectivity index (χ0v) is 15.2. The molecule has 25 heavy (non-hydrogen) atoms. The summed E-state index contributed by atoms with van der Waals surface area (Å²) in [5.74, 6) is 0.423. The molecule has 2 aliphatic heterocycles. The molecule has 5 nitrogen and oxygen atoms in total. The maximum absolute atomic E-state index is 12.7. The highest BCUT2D eigenvalue weighted by Gasteiger charge is 2.60. The zero-order chi connectivity index (χ0) is 17.4. The first-order valence-electron chi connectivity index (χ1n) is 9.25. The van der Waals surface area contributed by atoms with Gasteiger partial charge in [0.25, 0.3) is 5.79 Å². The second kappa shape index (κ2) is 4.98. The molecule has 3 atom stereocenters. The van der Waals surface area contributed by atoms with Gasteiger partial charge in [-0.1, -0.05) is 0 Å². The predicted molar refractivity (Wildman–Crippen MR) is 92.2 cm³/mol. The van der Waals surface area contributed by atoms with Crippen LogP contribution in [0, 0.1) is 0 Å². The maximum Gasteiger partial charge on any atom is 0.271 e. The molecular weight excluding hydrogens is 318 g/mol. The van der Waals surface area contributed by atoms with Crippen molar-refractivity contribution >= 4 is 5.78 Å². The van der Waals surface area contributed by atoms with Crippen molar-refractivity contribution in [2.24, 2.45) is 0 Å². The average Bonchev–Trinajstić information content (AvgIpc) is 2.64. The lowest BCUT2D eigenvalue weighted by Gasteiger charge is -2.56. The molecule has 1 fully saturated rings. The fraction of sp³-hybridized carbons (Fsp3) is 0.650. The molecule has 5 heteroatoms. The van der Waals surface area contributed by atoms with Gasteiger partial charge in [0.15, 0.2) is 11.5 Å². The minimum atomic E-state index is -1.14. The number of likely N-dealkylation sites (N-methyl/N-ethyl adjacent to an activating group) is 1. The van der Waals surface area contributed by atoms with Crippen molar-refractivity contribution in [1.29, 1.82) is 0 Å². The van der Waals surface area contributed by atoms with Crippen molar-refractivity contribution < 1.29 is 19.0 Å². The molecule has 1 aromatic carbocycles. The van der Waals surface area contributed by atoms with Crippen LogP contribution in [0.4, 0.5) is 0 Å². The van der Waals surface area contributed by atoms with Crippen LogP contribution in [-0.2, 0) is 21.4 Å². The monoisotopic (exact) mass is 343 g/mol. The van der Waals surface area contributed by atoms with Gasteiger partial charge in [0.1, 0.15) is 0 Å². The molecule has 0 radical (unpaired) electrons. The number of ether oxygens (including phenoxy) is 3. The van der Waals surface area contributed by atoms with E-state index in [0.717, 1.165) is 43.7 Å². The molecular formula is C20H25NO4. The third kappa shape index (κ3) is 1.83. The Morgan fingerprint density at radius 1 is 1.28 bits per heavy atom. The van der Waals surface area contributed by atoms with E-state index in [4.69, 9.17) is 14.2 Å². The van der Waals surface area contributed by atoms with E-state index < -0.39 is 5.79 Å². The topological polar surface area (TPSA) is 48.0 Å². The number of hydrogen-bond acceptors (Lipinski definition) is 5. The number of nitrogens with zero attached hydrogens (tertiary/aromatic N) is 1. The quantitative estimate of drug-likeness (QED) is 0.826. The van der Waals surface area contributed by atoms with Gasteiger partial charge in [-0.3, -0.25) is 9.69 Å². The molecule has 0 aromatic heterocycles. The number of carbonyl (C=O) groups is 1. The van der Waals surface area contributed by atoms with Gasteiger partial charge in [0.05, 0.1) is 7.11 Å². The Balaban J connectivity index is 1.82. The van der Waals surface area contributed by atoms with Crippen molar-refractivity contribution in [3.8, 4) is 11.5 Å². The molecule has 0 N–H and O–H groups in total. The van der Waals surface area contributed by atoms with Gasteiger partial charge in [0.2, 0.25) is 5.78 Å². The Labute approximate surface area is 148 Å². The van der Waals surface area contributed by atoms with E-state index in [1.165, 1.54) is 16.7 Å². The SMILES string of the molecule is COc1cc2c3c4c1O[C@]1(OC)C[C@]4(CCC1=O)CC[C@H]3N(C)CC2. The van der Waals surface area contributed by atoms with Crippen LogP contribution in [0.5, 0.6) is 11.5 Å². The van der Waals surface area contributed by atoms with Crippen LogP contribution in [0.3, 0.4) is 0 Å². The van der Waals surface area contributed by atoms with Crippen molar-refractivity contribution in [3.05, 3.63) is 22.8 Å². The molecule has 2 bridgehead atoms. The van der Waals surface area contributed by atoms with E-state index in [1.54, 1.807) is 14.2 Å². The molecule has 134 valence electrons. The Hall–Kier alpha value is -1.59. The molecule has 4 aliphatic rings. The van der Waals surface area contributed by atoms with Crippen LogP contribution in [-0.4, -0.2) is 44.3 Å². The van der Waals surface area contributed by atoms with Crippen molar-refractivity contribution in [2.75, 3.05) is 27.8 Å². The van der Waals surface area contributed by atoms with Crippen LogP contribution in [0.15, 0.2) is 6.07 Å². The summed E-state index contributed by atoms with van der Waals surface area (Å²) in [4.78, 5) is 15.1. The van der Waals surface area contributed by atoms with Gasteiger partial charge in [-0.25, -0.2) is 0 Å². The first-order chi connectivity index (χ1) is 12.0. The summed E-state index contributed by atoms with van der Waals surface area (Å²) in [6.45, 7) is 1.08. The lowest BCUT2D eigenvalue weighted by molar-refractivity contribution is -0.207. The molecule has 1 saturated carbocycles. The summed E-state index contributed by atoms with van der Waals surface area (Å²) < 4.78 is 17.7. The summed E-state index contributed by atoms with van der Waals surface area (Å²) in [5.41, 5.74) is 4.12. The Morgan fingerprint density at radius 3 is 2.88 bits per heavy atom. The summed E-state index contributed by atoms with van der Waals surface area (Å²) in [6.07, 6.45) is 5.31. The van der Waals surface area contributed by atoms with Crippen molar-refractivity contribution in [1.82, 2.24) is 4.90 Å². The van der Waals surface area contributed by atoms with E-state index in [9.17, 15) is 4.79 Å². The number of hydrogen-bond donors (Lipinski definition) is 0. The van der Waals surface area contributed by atoms with E-state index >= 15 is 0 Å². The van der Waals surface area contributed by atoms with Gasteiger partial charge >= 0.3 is 0 Å². The first-order valence-corrected chi connectivity index (χ1v) is 9.25. The fourth-order valence-electron chi connectivity index (χ4n) is 5.74. The van der Waals surface area contributed by atoms with Gasteiger partial charge < -0.3 is 14.2 Å². The summed E-state index contributed by atoms with van der Waals surface area (Å²) in [5, 5.41) is 0. The summed E-state index contributed by atoms with van der Waals surface area (Å²) in [6, 6.07) is 2.58. The van der Waals surface area contributed by atoms with Crippen LogP contribution >= 0.6 is 0 Å². The van der Waals surface area contributed by atoms with Crippen LogP contribution in [0.1, 0.15) is 54.8 Å². The van der Waals surface area contributed by atoms with E-state index in [2.05, 4.69) is 18.0 Å². The maximum atomic E-state index is 12.7. The minimum Gasteiger partial charge on any atom is -0.493 e. The number of fused-ring (bicyclic) bond motifs is 1. The Bertz CT molecular complexity index is 775. The minimum absolute atomic E-state index is 0.0230. The molecule has 0 amide bonds. The number of benzene rings is 1. The lowest BCUT2D eigenvalue weighted by atomic mass is 9.57. The first kappa shape index (κ1) is 15.6. The predicted octanol–water partition coefficient (Wildman–Crippen LogP) is 2.74.